The highest BCUT2D eigenvalue weighted by atomic mass is 16.5. The van der Waals surface area contributed by atoms with Crippen molar-refractivity contribution >= 4 is 11.9 Å². The number of methoxy groups -OCH3 is 2. The molecule has 0 saturated carbocycles. The monoisotopic (exact) mass is 272 g/mol. The molecule has 0 saturated heterocycles. The summed E-state index contributed by atoms with van der Waals surface area (Å²) in [6.45, 7) is 0. The number of hydrogen-bond acceptors (Lipinski definition) is 4. The number of rotatable bonds is 2. The summed E-state index contributed by atoms with van der Waals surface area (Å²) in [5.74, 6) is -1.36. The van der Waals surface area contributed by atoms with E-state index >= 15 is 0 Å². The van der Waals surface area contributed by atoms with Gasteiger partial charge in [-0.05, 0) is 11.1 Å². The first-order chi connectivity index (χ1) is 9.65. The van der Waals surface area contributed by atoms with E-state index < -0.39 is 0 Å². The molecule has 104 valence electrons. The van der Waals surface area contributed by atoms with Gasteiger partial charge >= 0.3 is 11.9 Å². The second kappa shape index (κ2) is 6.19. The predicted molar refractivity (Wildman–Crippen MR) is 74.6 cm³/mol. The molecule has 4 heteroatoms. The van der Waals surface area contributed by atoms with Crippen molar-refractivity contribution in [1.82, 2.24) is 0 Å². The van der Waals surface area contributed by atoms with E-state index in [4.69, 9.17) is 9.47 Å². The zero-order valence-electron chi connectivity index (χ0n) is 11.4. The molecule has 4 nitrogen and oxygen atoms in total. The van der Waals surface area contributed by atoms with Crippen molar-refractivity contribution in [3.8, 4) is 0 Å². The SMILES string of the molecule is COC(=O)C1C=CC2=C(C=C1)C=CC(C(=O)OC)C=C2. The van der Waals surface area contributed by atoms with Gasteiger partial charge in [0.05, 0.1) is 26.1 Å². The Labute approximate surface area is 117 Å². The Hall–Kier alpha value is -2.36. The van der Waals surface area contributed by atoms with Gasteiger partial charge in [0.15, 0.2) is 0 Å². The highest BCUT2D eigenvalue weighted by Crippen LogP contribution is 2.23. The van der Waals surface area contributed by atoms with Crippen molar-refractivity contribution in [3.05, 3.63) is 59.8 Å². The molecule has 0 aromatic heterocycles. The van der Waals surface area contributed by atoms with E-state index in [0.29, 0.717) is 0 Å². The molecule has 0 bridgehead atoms. The van der Waals surface area contributed by atoms with Crippen LogP contribution in [0, 0.1) is 11.8 Å². The minimum atomic E-state index is -0.384. The molecule has 0 amide bonds. The van der Waals surface area contributed by atoms with E-state index in [-0.39, 0.29) is 23.8 Å². The van der Waals surface area contributed by atoms with Gasteiger partial charge in [0.25, 0.3) is 0 Å². The first kappa shape index (κ1) is 14.1. The molecule has 0 N–H and O–H groups in total. The van der Waals surface area contributed by atoms with E-state index in [0.717, 1.165) is 11.1 Å². The van der Waals surface area contributed by atoms with Gasteiger partial charge in [0, 0.05) is 0 Å². The van der Waals surface area contributed by atoms with Gasteiger partial charge < -0.3 is 9.47 Å². The molecule has 20 heavy (non-hydrogen) atoms. The minimum absolute atomic E-state index is 0.296. The lowest BCUT2D eigenvalue weighted by Crippen LogP contribution is -2.11. The summed E-state index contributed by atoms with van der Waals surface area (Å²) in [7, 11) is 2.74. The van der Waals surface area contributed by atoms with Gasteiger partial charge in [-0.1, -0.05) is 48.6 Å². The lowest BCUT2D eigenvalue weighted by Gasteiger charge is -2.04. The maximum Gasteiger partial charge on any atom is 0.316 e. The smallest absolute Gasteiger partial charge is 0.316 e. The molecule has 0 aromatic carbocycles. The first-order valence-electron chi connectivity index (χ1n) is 6.28. The maximum atomic E-state index is 11.5. The molecule has 2 rings (SSSR count). The topological polar surface area (TPSA) is 52.6 Å². The van der Waals surface area contributed by atoms with Crippen molar-refractivity contribution in [2.24, 2.45) is 11.8 Å². The number of ether oxygens (including phenoxy) is 2. The number of carbonyl (C=O) groups excluding carboxylic acids is 2. The second-order valence-corrected chi connectivity index (χ2v) is 4.45. The largest absolute Gasteiger partial charge is 0.468 e. The number of hydrogen-bond donors (Lipinski definition) is 0. The lowest BCUT2D eigenvalue weighted by atomic mass is 10.1. The summed E-state index contributed by atoms with van der Waals surface area (Å²) < 4.78 is 9.46. The van der Waals surface area contributed by atoms with E-state index in [1.54, 1.807) is 24.3 Å². The molecular weight excluding hydrogens is 256 g/mol. The highest BCUT2D eigenvalue weighted by molar-refractivity contribution is 5.79. The van der Waals surface area contributed by atoms with Crippen LogP contribution in [0.5, 0.6) is 0 Å². The Morgan fingerprint density at radius 2 is 1.05 bits per heavy atom. The maximum absolute atomic E-state index is 11.5. The fourth-order valence-electron chi connectivity index (χ4n) is 2.04. The van der Waals surface area contributed by atoms with Gasteiger partial charge in [-0.25, -0.2) is 0 Å². The fourth-order valence-corrected chi connectivity index (χ4v) is 2.04. The van der Waals surface area contributed by atoms with E-state index in [1.165, 1.54) is 14.2 Å². The summed E-state index contributed by atoms with van der Waals surface area (Å²) in [5, 5.41) is 0. The predicted octanol–water partition coefficient (Wildman–Crippen LogP) is 2.11. The Morgan fingerprint density at radius 3 is 1.30 bits per heavy atom. The van der Waals surface area contributed by atoms with Crippen molar-refractivity contribution in [3.63, 3.8) is 0 Å². The van der Waals surface area contributed by atoms with Gasteiger partial charge in [0.1, 0.15) is 0 Å². The highest BCUT2D eigenvalue weighted by Gasteiger charge is 2.17. The Bertz CT molecular complexity index is 479. The van der Waals surface area contributed by atoms with Crippen LogP contribution in [0.4, 0.5) is 0 Å². The molecule has 0 atom stereocenters. The fraction of sp³-hybridized carbons (Fsp3) is 0.250. The number of carbonyl (C=O) groups is 2. The first-order valence-corrected chi connectivity index (χ1v) is 6.28. The zero-order chi connectivity index (χ0) is 14.5. The van der Waals surface area contributed by atoms with Crippen LogP contribution in [0.3, 0.4) is 0 Å². The Balaban J connectivity index is 2.23. The molecule has 0 aromatic rings. The van der Waals surface area contributed by atoms with Gasteiger partial charge in [-0.15, -0.1) is 0 Å². The van der Waals surface area contributed by atoms with Crippen molar-refractivity contribution in [2.45, 2.75) is 0 Å². The lowest BCUT2D eigenvalue weighted by molar-refractivity contribution is -0.143. The molecule has 2 aliphatic carbocycles. The van der Waals surface area contributed by atoms with Gasteiger partial charge in [-0.2, -0.15) is 0 Å². The molecule has 0 fully saturated rings. The van der Waals surface area contributed by atoms with E-state index in [9.17, 15) is 9.59 Å². The standard InChI is InChI=1S/C16H16O4/c1-19-15(17)13-7-3-11-5-9-14(16(18)20-2)10-6-12(11)4-8-13/h3-10,13-14H,1-2H3. The van der Waals surface area contributed by atoms with Crippen LogP contribution in [0.25, 0.3) is 0 Å². The van der Waals surface area contributed by atoms with Crippen LogP contribution in [0.2, 0.25) is 0 Å². The second-order valence-electron chi connectivity index (χ2n) is 4.45. The van der Waals surface area contributed by atoms with Crippen molar-refractivity contribution in [2.75, 3.05) is 14.2 Å². The van der Waals surface area contributed by atoms with E-state index in [2.05, 4.69) is 0 Å². The molecule has 0 radical (unpaired) electrons. The average Bonchev–Trinajstić information content (AvgIpc) is 2.79. The van der Waals surface area contributed by atoms with Crippen molar-refractivity contribution in [1.29, 1.82) is 0 Å². The molecule has 0 spiro atoms. The van der Waals surface area contributed by atoms with Gasteiger partial charge in [-0.3, -0.25) is 9.59 Å². The third-order valence-electron chi connectivity index (χ3n) is 3.21. The van der Waals surface area contributed by atoms with Crippen LogP contribution >= 0.6 is 0 Å². The zero-order valence-corrected chi connectivity index (χ0v) is 11.4. The third-order valence-corrected chi connectivity index (χ3v) is 3.21. The Kier molecular flexibility index (Phi) is 4.35. The summed E-state index contributed by atoms with van der Waals surface area (Å²) in [6.07, 6.45) is 14.6. The van der Waals surface area contributed by atoms with Crippen LogP contribution in [-0.2, 0) is 19.1 Å². The quantitative estimate of drug-likeness (QED) is 0.722. The molecule has 0 unspecified atom stereocenters. The normalized spacial score (nSPS) is 18.5. The molecular formula is C16H16O4. The summed E-state index contributed by atoms with van der Waals surface area (Å²) >= 11 is 0. The summed E-state index contributed by atoms with van der Waals surface area (Å²) in [5.41, 5.74) is 1.88. The summed E-state index contributed by atoms with van der Waals surface area (Å²) in [6, 6.07) is 0. The minimum Gasteiger partial charge on any atom is -0.468 e. The molecule has 0 heterocycles. The average molecular weight is 272 g/mol. The Morgan fingerprint density at radius 1 is 0.750 bits per heavy atom. The number of esters is 2. The van der Waals surface area contributed by atoms with Crippen LogP contribution in [0.1, 0.15) is 0 Å². The van der Waals surface area contributed by atoms with Crippen molar-refractivity contribution < 1.29 is 19.1 Å². The molecule has 0 aliphatic heterocycles. The van der Waals surface area contributed by atoms with Crippen LogP contribution < -0.4 is 0 Å². The van der Waals surface area contributed by atoms with Gasteiger partial charge in [0.2, 0.25) is 0 Å². The molecule has 2 aliphatic rings. The summed E-state index contributed by atoms with van der Waals surface area (Å²) in [4.78, 5) is 23.1. The van der Waals surface area contributed by atoms with Crippen LogP contribution in [0.15, 0.2) is 59.8 Å². The van der Waals surface area contributed by atoms with E-state index in [1.807, 2.05) is 24.3 Å². The number of allylic oxidation sites excluding steroid dienone is 6. The third kappa shape index (κ3) is 2.96. The van der Waals surface area contributed by atoms with Crippen LogP contribution in [-0.4, -0.2) is 26.2 Å².